The summed E-state index contributed by atoms with van der Waals surface area (Å²) in [7, 11) is 0. The largest absolute Gasteiger partial charge is 0.486 e. The Kier molecular flexibility index (Phi) is 4.92. The molecule has 0 unspecified atom stereocenters. The van der Waals surface area contributed by atoms with E-state index in [4.69, 9.17) is 9.47 Å². The molecule has 2 heterocycles. The molecule has 0 atom stereocenters. The second kappa shape index (κ2) is 7.11. The Morgan fingerprint density at radius 1 is 1.08 bits per heavy atom. The highest BCUT2D eigenvalue weighted by Crippen LogP contribution is 2.34. The molecule has 0 aromatic heterocycles. The van der Waals surface area contributed by atoms with Gasteiger partial charge in [-0.3, -0.25) is 4.79 Å². The lowest BCUT2D eigenvalue weighted by Gasteiger charge is -2.21. The number of ether oxygens (including phenoxy) is 2. The topological polar surface area (TPSA) is 59.6 Å². The van der Waals surface area contributed by atoms with E-state index in [1.807, 2.05) is 18.2 Å². The summed E-state index contributed by atoms with van der Waals surface area (Å²) in [4.78, 5) is 12.6. The van der Waals surface area contributed by atoms with Gasteiger partial charge in [0.05, 0.1) is 5.56 Å². The number of nitrogens with one attached hydrogen (secondary N) is 2. The summed E-state index contributed by atoms with van der Waals surface area (Å²) in [5, 5.41) is 6.30. The highest BCUT2D eigenvalue weighted by Gasteiger charge is 2.20. The van der Waals surface area contributed by atoms with E-state index in [9.17, 15) is 4.79 Å². The first-order chi connectivity index (χ1) is 11.3. The number of benzene rings is 2. The van der Waals surface area contributed by atoms with Crippen molar-refractivity contribution >= 4 is 24.0 Å². The Bertz CT molecular complexity index is 764. The Hall–Kier alpha value is -2.24. The fraction of sp³-hybridized carbons (Fsp3) is 0.278. The van der Waals surface area contributed by atoms with Crippen LogP contribution in [-0.2, 0) is 13.0 Å². The van der Waals surface area contributed by atoms with Crippen molar-refractivity contribution in [3.63, 3.8) is 0 Å². The lowest BCUT2D eigenvalue weighted by molar-refractivity contribution is 0.101. The van der Waals surface area contributed by atoms with E-state index >= 15 is 0 Å². The maximum Gasteiger partial charge on any atom is 0.259 e. The number of halogens is 1. The number of carbonyl (C=O) groups is 1. The number of hydrogen-bond donors (Lipinski definition) is 2. The fourth-order valence-electron chi connectivity index (χ4n) is 3.01. The normalized spacial score (nSPS) is 15.0. The van der Waals surface area contributed by atoms with Crippen molar-refractivity contribution in [2.24, 2.45) is 0 Å². The minimum absolute atomic E-state index is 0. The van der Waals surface area contributed by atoms with Crippen LogP contribution in [0.4, 0.5) is 5.69 Å². The molecule has 0 radical (unpaired) electrons. The smallest absolute Gasteiger partial charge is 0.259 e. The molecule has 0 saturated carbocycles. The van der Waals surface area contributed by atoms with Crippen LogP contribution in [0.15, 0.2) is 36.4 Å². The number of fused-ring (bicyclic) bond motifs is 2. The molecule has 6 heteroatoms. The standard InChI is InChI=1S/C18H18N2O3.ClH/c21-18(15-2-1-3-16-17(15)23-9-8-22-16)20-14-5-4-12-6-7-19-11-13(12)10-14;/h1-5,10,19H,6-9,11H2,(H,20,21);1H. The molecule has 0 fully saturated rings. The van der Waals surface area contributed by atoms with Crippen molar-refractivity contribution < 1.29 is 14.3 Å². The molecular weight excluding hydrogens is 328 g/mol. The zero-order valence-corrected chi connectivity index (χ0v) is 13.9. The lowest BCUT2D eigenvalue weighted by Crippen LogP contribution is -2.24. The minimum atomic E-state index is -0.184. The molecule has 2 aromatic rings. The zero-order chi connectivity index (χ0) is 15.6. The predicted octanol–water partition coefficient (Wildman–Crippen LogP) is 2.78. The SMILES string of the molecule is Cl.O=C(Nc1ccc2c(c1)CNCC2)c1cccc2c1OCCO2. The van der Waals surface area contributed by atoms with Gasteiger partial charge in [-0.15, -0.1) is 12.4 Å². The summed E-state index contributed by atoms with van der Waals surface area (Å²) < 4.78 is 11.1. The third-order valence-electron chi connectivity index (χ3n) is 4.16. The van der Waals surface area contributed by atoms with Gasteiger partial charge in [-0.2, -0.15) is 0 Å². The van der Waals surface area contributed by atoms with Gasteiger partial charge >= 0.3 is 0 Å². The van der Waals surface area contributed by atoms with Crippen LogP contribution in [0.3, 0.4) is 0 Å². The average Bonchev–Trinajstić information content (AvgIpc) is 2.61. The van der Waals surface area contributed by atoms with Crippen molar-refractivity contribution in [1.29, 1.82) is 0 Å². The summed E-state index contributed by atoms with van der Waals surface area (Å²) in [6, 6.07) is 11.4. The molecule has 5 nitrogen and oxygen atoms in total. The van der Waals surface area contributed by atoms with Crippen LogP contribution >= 0.6 is 12.4 Å². The van der Waals surface area contributed by atoms with Crippen molar-refractivity contribution in [1.82, 2.24) is 5.32 Å². The maximum absolute atomic E-state index is 12.6. The number of amides is 1. The monoisotopic (exact) mass is 346 g/mol. The van der Waals surface area contributed by atoms with Crippen LogP contribution in [0.25, 0.3) is 0 Å². The molecule has 126 valence electrons. The molecule has 2 aromatic carbocycles. The third-order valence-corrected chi connectivity index (χ3v) is 4.16. The lowest BCUT2D eigenvalue weighted by atomic mass is 10.0. The molecule has 0 bridgehead atoms. The van der Waals surface area contributed by atoms with Gasteiger partial charge in [0, 0.05) is 12.2 Å². The van der Waals surface area contributed by atoms with Gasteiger partial charge in [0.1, 0.15) is 13.2 Å². The summed E-state index contributed by atoms with van der Waals surface area (Å²) in [5.74, 6) is 0.963. The van der Waals surface area contributed by atoms with Crippen LogP contribution in [0.2, 0.25) is 0 Å². The van der Waals surface area contributed by atoms with Crippen molar-refractivity contribution in [3.8, 4) is 11.5 Å². The highest BCUT2D eigenvalue weighted by molar-refractivity contribution is 6.06. The van der Waals surface area contributed by atoms with Gasteiger partial charge in [0.25, 0.3) is 5.91 Å². The number of carbonyl (C=O) groups excluding carboxylic acids is 1. The molecule has 2 N–H and O–H groups in total. The van der Waals surface area contributed by atoms with Crippen LogP contribution < -0.4 is 20.1 Å². The van der Waals surface area contributed by atoms with Crippen molar-refractivity contribution in [3.05, 3.63) is 53.1 Å². The Morgan fingerprint density at radius 3 is 2.88 bits per heavy atom. The molecule has 1 amide bonds. The summed E-state index contributed by atoms with van der Waals surface area (Å²) in [5.41, 5.74) is 3.88. The molecular formula is C18H19ClN2O3. The van der Waals surface area contributed by atoms with E-state index in [1.165, 1.54) is 11.1 Å². The Labute approximate surface area is 146 Å². The maximum atomic E-state index is 12.6. The first-order valence-electron chi connectivity index (χ1n) is 7.84. The van der Waals surface area contributed by atoms with Gasteiger partial charge in [-0.1, -0.05) is 12.1 Å². The second-order valence-corrected chi connectivity index (χ2v) is 5.69. The average molecular weight is 347 g/mol. The van der Waals surface area contributed by atoms with Crippen molar-refractivity contribution in [2.45, 2.75) is 13.0 Å². The number of para-hydroxylation sites is 1. The Balaban J connectivity index is 0.00000169. The first-order valence-corrected chi connectivity index (χ1v) is 7.84. The van der Waals surface area contributed by atoms with E-state index in [0.717, 1.165) is 25.2 Å². The second-order valence-electron chi connectivity index (χ2n) is 5.69. The van der Waals surface area contributed by atoms with Gasteiger partial charge in [-0.05, 0) is 48.4 Å². The first kappa shape index (κ1) is 16.6. The Morgan fingerprint density at radius 2 is 1.96 bits per heavy atom. The zero-order valence-electron chi connectivity index (χ0n) is 13.1. The third kappa shape index (κ3) is 3.18. The fourth-order valence-corrected chi connectivity index (χ4v) is 3.01. The predicted molar refractivity (Wildman–Crippen MR) is 94.5 cm³/mol. The molecule has 0 spiro atoms. The minimum Gasteiger partial charge on any atom is -0.486 e. The summed E-state index contributed by atoms with van der Waals surface area (Å²) in [6.45, 7) is 2.82. The quantitative estimate of drug-likeness (QED) is 0.878. The number of hydrogen-bond acceptors (Lipinski definition) is 4. The van der Waals surface area contributed by atoms with Crippen molar-refractivity contribution in [2.75, 3.05) is 25.1 Å². The van der Waals surface area contributed by atoms with E-state index in [2.05, 4.69) is 16.7 Å². The summed E-state index contributed by atoms with van der Waals surface area (Å²) >= 11 is 0. The van der Waals surface area contributed by atoms with Crippen LogP contribution in [-0.4, -0.2) is 25.7 Å². The van der Waals surface area contributed by atoms with E-state index in [0.29, 0.717) is 30.3 Å². The van der Waals surface area contributed by atoms with Crippen LogP contribution in [0.1, 0.15) is 21.5 Å². The van der Waals surface area contributed by atoms with Gasteiger partial charge in [0.2, 0.25) is 0 Å². The molecule has 4 rings (SSSR count). The highest BCUT2D eigenvalue weighted by atomic mass is 35.5. The van der Waals surface area contributed by atoms with E-state index in [-0.39, 0.29) is 18.3 Å². The molecule has 0 aliphatic carbocycles. The molecule has 24 heavy (non-hydrogen) atoms. The van der Waals surface area contributed by atoms with E-state index < -0.39 is 0 Å². The van der Waals surface area contributed by atoms with E-state index in [1.54, 1.807) is 12.1 Å². The van der Waals surface area contributed by atoms with Gasteiger partial charge in [0.15, 0.2) is 11.5 Å². The van der Waals surface area contributed by atoms with Crippen LogP contribution in [0.5, 0.6) is 11.5 Å². The molecule has 2 aliphatic rings. The summed E-state index contributed by atoms with van der Waals surface area (Å²) in [6.07, 6.45) is 1.03. The molecule has 2 aliphatic heterocycles. The number of rotatable bonds is 2. The van der Waals surface area contributed by atoms with Crippen LogP contribution in [0, 0.1) is 0 Å². The van der Waals surface area contributed by atoms with Gasteiger partial charge < -0.3 is 20.1 Å². The number of anilines is 1. The van der Waals surface area contributed by atoms with Gasteiger partial charge in [-0.25, -0.2) is 0 Å². The molecule has 0 saturated heterocycles.